The molecule has 0 atom stereocenters. The second-order valence-electron chi connectivity index (χ2n) is 6.55. The minimum Gasteiger partial charge on any atom is -0.497 e. The van der Waals surface area contributed by atoms with Crippen LogP contribution in [0.25, 0.3) is 0 Å². The highest BCUT2D eigenvalue weighted by atomic mass is 16.5. The van der Waals surface area contributed by atoms with E-state index < -0.39 is 0 Å². The Bertz CT molecular complexity index is 971. The zero-order valence-corrected chi connectivity index (χ0v) is 16.6. The third-order valence-electron chi connectivity index (χ3n) is 4.38. The molecule has 9 nitrogen and oxygen atoms in total. The molecule has 2 heterocycles. The predicted molar refractivity (Wildman–Crippen MR) is 107 cm³/mol. The van der Waals surface area contributed by atoms with Crippen LogP contribution in [0.3, 0.4) is 0 Å². The van der Waals surface area contributed by atoms with Crippen LogP contribution in [0.15, 0.2) is 41.2 Å². The van der Waals surface area contributed by atoms with Crippen LogP contribution in [-0.2, 0) is 22.6 Å². The second-order valence-corrected chi connectivity index (χ2v) is 6.55. The summed E-state index contributed by atoms with van der Waals surface area (Å²) < 4.78 is 11.6. The first-order chi connectivity index (χ1) is 13.9. The SMILES string of the molecule is COc1ccc(NC(=O)Cn2cc(NC(=O)CCc3c(C)noc3C)cn2)cc1. The first kappa shape index (κ1) is 20.1. The topological polar surface area (TPSA) is 111 Å². The summed E-state index contributed by atoms with van der Waals surface area (Å²) in [6.07, 6.45) is 3.97. The van der Waals surface area contributed by atoms with E-state index in [-0.39, 0.29) is 18.4 Å². The van der Waals surface area contributed by atoms with Crippen LogP contribution >= 0.6 is 0 Å². The standard InChI is InChI=1S/C20H23N5O4/c1-13-18(14(2)29-24-13)8-9-19(26)23-16-10-21-25(11-16)12-20(27)22-15-4-6-17(28-3)7-5-15/h4-7,10-11H,8-9,12H2,1-3H3,(H,22,27)(H,23,26). The number of nitrogens with one attached hydrogen (secondary N) is 2. The molecule has 3 aromatic rings. The van der Waals surface area contributed by atoms with Gasteiger partial charge < -0.3 is 19.9 Å². The molecule has 0 spiro atoms. The molecule has 0 bridgehead atoms. The number of aromatic nitrogens is 3. The number of carbonyl (C=O) groups excluding carboxylic acids is 2. The van der Waals surface area contributed by atoms with Crippen LogP contribution in [0.1, 0.15) is 23.4 Å². The van der Waals surface area contributed by atoms with E-state index in [0.717, 1.165) is 17.0 Å². The molecule has 9 heteroatoms. The normalized spacial score (nSPS) is 10.6. The van der Waals surface area contributed by atoms with Gasteiger partial charge in [0.1, 0.15) is 18.1 Å². The zero-order chi connectivity index (χ0) is 20.8. The van der Waals surface area contributed by atoms with Crippen molar-refractivity contribution < 1.29 is 18.8 Å². The van der Waals surface area contributed by atoms with E-state index in [2.05, 4.69) is 20.9 Å². The summed E-state index contributed by atoms with van der Waals surface area (Å²) in [6.45, 7) is 3.71. The van der Waals surface area contributed by atoms with Gasteiger partial charge in [-0.1, -0.05) is 5.16 Å². The molecule has 0 unspecified atom stereocenters. The largest absolute Gasteiger partial charge is 0.497 e. The Morgan fingerprint density at radius 1 is 1.10 bits per heavy atom. The molecule has 0 aliphatic carbocycles. The molecule has 0 fully saturated rings. The van der Waals surface area contributed by atoms with E-state index in [1.54, 1.807) is 37.6 Å². The fraction of sp³-hybridized carbons (Fsp3) is 0.300. The van der Waals surface area contributed by atoms with Crippen molar-refractivity contribution in [3.8, 4) is 5.75 Å². The number of rotatable bonds is 8. The maximum Gasteiger partial charge on any atom is 0.246 e. The Morgan fingerprint density at radius 3 is 2.48 bits per heavy atom. The molecule has 2 amide bonds. The van der Waals surface area contributed by atoms with Gasteiger partial charge in [0, 0.05) is 23.9 Å². The van der Waals surface area contributed by atoms with E-state index in [4.69, 9.17) is 9.26 Å². The molecule has 0 radical (unpaired) electrons. The van der Waals surface area contributed by atoms with Crippen LogP contribution < -0.4 is 15.4 Å². The number of carbonyl (C=O) groups is 2. The van der Waals surface area contributed by atoms with E-state index in [1.165, 1.54) is 10.9 Å². The van der Waals surface area contributed by atoms with Crippen LogP contribution in [-0.4, -0.2) is 33.9 Å². The third-order valence-corrected chi connectivity index (χ3v) is 4.38. The molecule has 29 heavy (non-hydrogen) atoms. The summed E-state index contributed by atoms with van der Waals surface area (Å²) in [7, 11) is 1.58. The fourth-order valence-electron chi connectivity index (χ4n) is 2.86. The number of methoxy groups -OCH3 is 1. The maximum atomic E-state index is 12.2. The first-order valence-corrected chi connectivity index (χ1v) is 9.12. The van der Waals surface area contributed by atoms with Gasteiger partial charge in [-0.05, 0) is 44.5 Å². The van der Waals surface area contributed by atoms with Gasteiger partial charge in [-0.25, -0.2) is 0 Å². The highest BCUT2D eigenvalue weighted by Crippen LogP contribution is 2.16. The van der Waals surface area contributed by atoms with Crippen LogP contribution in [0, 0.1) is 13.8 Å². The monoisotopic (exact) mass is 397 g/mol. The summed E-state index contributed by atoms with van der Waals surface area (Å²) >= 11 is 0. The van der Waals surface area contributed by atoms with Crippen molar-refractivity contribution in [2.75, 3.05) is 17.7 Å². The zero-order valence-electron chi connectivity index (χ0n) is 16.6. The lowest BCUT2D eigenvalue weighted by atomic mass is 10.1. The van der Waals surface area contributed by atoms with Gasteiger partial charge in [0.2, 0.25) is 11.8 Å². The van der Waals surface area contributed by atoms with Crippen molar-refractivity contribution in [1.29, 1.82) is 0 Å². The Labute approximate surface area is 168 Å². The van der Waals surface area contributed by atoms with Crippen molar-refractivity contribution in [2.24, 2.45) is 0 Å². The molecule has 0 aliphatic rings. The summed E-state index contributed by atoms with van der Waals surface area (Å²) in [5, 5.41) is 13.6. The number of anilines is 2. The van der Waals surface area contributed by atoms with Crippen LogP contribution in [0.4, 0.5) is 11.4 Å². The van der Waals surface area contributed by atoms with E-state index >= 15 is 0 Å². The summed E-state index contributed by atoms with van der Waals surface area (Å²) in [5.41, 5.74) is 2.94. The third kappa shape index (κ3) is 5.44. The molecule has 0 aliphatic heterocycles. The average Bonchev–Trinajstić information content (AvgIpc) is 3.26. The molecule has 0 saturated heterocycles. The van der Waals surface area contributed by atoms with Gasteiger partial charge in [-0.3, -0.25) is 14.3 Å². The lowest BCUT2D eigenvalue weighted by molar-refractivity contribution is -0.117. The molecule has 1 aromatic carbocycles. The Hall–Kier alpha value is -3.62. The Morgan fingerprint density at radius 2 is 1.83 bits per heavy atom. The van der Waals surface area contributed by atoms with E-state index in [9.17, 15) is 9.59 Å². The van der Waals surface area contributed by atoms with E-state index in [0.29, 0.717) is 30.0 Å². The number of nitrogens with zero attached hydrogens (tertiary/aromatic N) is 3. The number of hydrogen-bond acceptors (Lipinski definition) is 6. The van der Waals surface area contributed by atoms with Gasteiger partial charge in [-0.15, -0.1) is 0 Å². The van der Waals surface area contributed by atoms with Gasteiger partial charge in [-0.2, -0.15) is 5.10 Å². The lowest BCUT2D eigenvalue weighted by Crippen LogP contribution is -2.19. The van der Waals surface area contributed by atoms with Crippen LogP contribution in [0.5, 0.6) is 5.75 Å². The van der Waals surface area contributed by atoms with Gasteiger partial charge >= 0.3 is 0 Å². The van der Waals surface area contributed by atoms with Crippen molar-refractivity contribution in [3.05, 3.63) is 53.7 Å². The lowest BCUT2D eigenvalue weighted by Gasteiger charge is -2.06. The van der Waals surface area contributed by atoms with E-state index in [1.807, 2.05) is 13.8 Å². The maximum absolute atomic E-state index is 12.2. The Kier molecular flexibility index (Phi) is 6.28. The summed E-state index contributed by atoms with van der Waals surface area (Å²) in [5.74, 6) is 1.07. The number of hydrogen-bond donors (Lipinski definition) is 2. The minimum atomic E-state index is -0.227. The van der Waals surface area contributed by atoms with Gasteiger partial charge in [0.25, 0.3) is 0 Å². The van der Waals surface area contributed by atoms with Crippen molar-refractivity contribution in [2.45, 2.75) is 33.2 Å². The average molecular weight is 397 g/mol. The fourth-order valence-corrected chi connectivity index (χ4v) is 2.86. The molecule has 0 saturated carbocycles. The summed E-state index contributed by atoms with van der Waals surface area (Å²) in [6, 6.07) is 7.04. The molecule has 3 rings (SSSR count). The van der Waals surface area contributed by atoms with Crippen molar-refractivity contribution >= 4 is 23.2 Å². The van der Waals surface area contributed by atoms with Crippen LogP contribution in [0.2, 0.25) is 0 Å². The van der Waals surface area contributed by atoms with Crippen molar-refractivity contribution in [3.63, 3.8) is 0 Å². The minimum absolute atomic E-state index is 0.0287. The highest BCUT2D eigenvalue weighted by molar-refractivity contribution is 5.91. The molecular formula is C20H23N5O4. The van der Waals surface area contributed by atoms with Crippen molar-refractivity contribution in [1.82, 2.24) is 14.9 Å². The predicted octanol–water partition coefficient (Wildman–Crippen LogP) is 2.71. The number of aryl methyl sites for hydroxylation is 2. The Balaban J connectivity index is 1.48. The highest BCUT2D eigenvalue weighted by Gasteiger charge is 2.12. The molecular weight excluding hydrogens is 374 g/mol. The number of amides is 2. The molecule has 2 N–H and O–H groups in total. The van der Waals surface area contributed by atoms with Gasteiger partial charge in [0.05, 0.1) is 24.7 Å². The number of ether oxygens (including phenoxy) is 1. The summed E-state index contributed by atoms with van der Waals surface area (Å²) in [4.78, 5) is 24.3. The number of benzene rings is 1. The van der Waals surface area contributed by atoms with Gasteiger partial charge in [0.15, 0.2) is 0 Å². The quantitative estimate of drug-likeness (QED) is 0.605. The first-order valence-electron chi connectivity index (χ1n) is 9.12. The smallest absolute Gasteiger partial charge is 0.246 e. The molecule has 152 valence electrons. The molecule has 2 aromatic heterocycles. The second kappa shape index (κ2) is 9.05.